The van der Waals surface area contributed by atoms with Crippen molar-refractivity contribution in [2.45, 2.75) is 70.1 Å². The van der Waals surface area contributed by atoms with Crippen molar-refractivity contribution in [1.29, 1.82) is 0 Å². The fourth-order valence-electron chi connectivity index (χ4n) is 3.76. The molecule has 2 fully saturated rings. The van der Waals surface area contributed by atoms with Crippen LogP contribution in [0.25, 0.3) is 0 Å². The lowest BCUT2D eigenvalue weighted by molar-refractivity contribution is -0.117. The Morgan fingerprint density at radius 2 is 1.82 bits per heavy atom. The normalized spacial score (nSPS) is 24.6. The topological polar surface area (TPSA) is 66.8 Å². The van der Waals surface area contributed by atoms with Crippen LogP contribution in [0.5, 0.6) is 0 Å². The van der Waals surface area contributed by atoms with E-state index in [-0.39, 0.29) is 28.7 Å². The van der Waals surface area contributed by atoms with E-state index in [2.05, 4.69) is 31.0 Å². The predicted octanol–water partition coefficient (Wildman–Crippen LogP) is 4.21. The summed E-state index contributed by atoms with van der Waals surface area (Å²) in [5.41, 5.74) is 2.21. The Kier molecular flexibility index (Phi) is 7.20. The minimum absolute atomic E-state index is 0.0491. The van der Waals surface area contributed by atoms with E-state index in [1.54, 1.807) is 0 Å². The summed E-state index contributed by atoms with van der Waals surface area (Å²) in [5.74, 6) is 0.185. The summed E-state index contributed by atoms with van der Waals surface area (Å²) < 4.78 is 24.3. The molecule has 0 bridgehead atoms. The summed E-state index contributed by atoms with van der Waals surface area (Å²) in [6.45, 7) is 4.29. The van der Waals surface area contributed by atoms with E-state index < -0.39 is 9.84 Å². The highest BCUT2D eigenvalue weighted by Gasteiger charge is 2.49. The number of nitrogens with zero attached hydrogens (tertiary/aromatic N) is 2. The molecule has 1 aromatic rings. The first kappa shape index (κ1) is 21.4. The van der Waals surface area contributed by atoms with Crippen LogP contribution in [-0.2, 0) is 21.1 Å². The van der Waals surface area contributed by atoms with Gasteiger partial charge in [0, 0.05) is 17.4 Å². The van der Waals surface area contributed by atoms with E-state index in [9.17, 15) is 13.2 Å². The maximum atomic E-state index is 12.3. The van der Waals surface area contributed by atoms with Crippen LogP contribution in [0.15, 0.2) is 29.3 Å². The number of rotatable bonds is 8. The number of unbranched alkanes of at least 4 members (excludes halogenated alkanes) is 3. The van der Waals surface area contributed by atoms with E-state index in [1.807, 2.05) is 17.0 Å². The summed E-state index contributed by atoms with van der Waals surface area (Å²) in [5, 5.41) is 0.611. The van der Waals surface area contributed by atoms with Gasteiger partial charge < -0.3 is 4.90 Å². The number of hydrogen-bond acceptors (Lipinski definition) is 4. The van der Waals surface area contributed by atoms with Crippen LogP contribution in [0.3, 0.4) is 0 Å². The Morgan fingerprint density at radius 1 is 1.11 bits per heavy atom. The van der Waals surface area contributed by atoms with Crippen LogP contribution in [0.1, 0.15) is 57.9 Å². The number of hydrogen-bond donors (Lipinski definition) is 0. The second kappa shape index (κ2) is 9.44. The molecule has 1 amide bonds. The quantitative estimate of drug-likeness (QED) is 0.587. The molecule has 0 spiro atoms. The number of carbonyl (C=O) groups is 1. The summed E-state index contributed by atoms with van der Waals surface area (Å²) in [4.78, 5) is 18.7. The second-order valence-corrected chi connectivity index (χ2v) is 11.0. The van der Waals surface area contributed by atoms with Crippen molar-refractivity contribution >= 4 is 38.4 Å². The lowest BCUT2D eigenvalue weighted by Gasteiger charge is -2.24. The molecule has 28 heavy (non-hydrogen) atoms. The third-order valence-electron chi connectivity index (χ3n) is 5.31. The van der Waals surface area contributed by atoms with Gasteiger partial charge in [-0.2, -0.15) is 4.99 Å². The van der Waals surface area contributed by atoms with Gasteiger partial charge in [-0.1, -0.05) is 57.0 Å². The van der Waals surface area contributed by atoms with Crippen molar-refractivity contribution in [2.75, 3.05) is 16.4 Å². The molecule has 2 atom stereocenters. The van der Waals surface area contributed by atoms with E-state index in [0.717, 1.165) is 44.2 Å². The summed E-state index contributed by atoms with van der Waals surface area (Å²) in [6, 6.07) is 8.14. The number of sulfone groups is 1. The van der Waals surface area contributed by atoms with Crippen molar-refractivity contribution in [1.82, 2.24) is 0 Å². The molecular formula is C21H30N2O3S2. The van der Waals surface area contributed by atoms with Crippen LogP contribution >= 0.6 is 11.8 Å². The van der Waals surface area contributed by atoms with Crippen LogP contribution < -0.4 is 4.90 Å². The van der Waals surface area contributed by atoms with Gasteiger partial charge in [0.25, 0.3) is 0 Å². The highest BCUT2D eigenvalue weighted by Crippen LogP contribution is 2.41. The van der Waals surface area contributed by atoms with Gasteiger partial charge >= 0.3 is 0 Å². The van der Waals surface area contributed by atoms with Crippen molar-refractivity contribution in [3.63, 3.8) is 0 Å². The average molecular weight is 423 g/mol. The van der Waals surface area contributed by atoms with Gasteiger partial charge in [-0.05, 0) is 37.0 Å². The smallest absolute Gasteiger partial charge is 0.248 e. The molecule has 2 aliphatic rings. The van der Waals surface area contributed by atoms with Crippen molar-refractivity contribution in [3.05, 3.63) is 29.8 Å². The molecule has 1 aromatic carbocycles. The predicted molar refractivity (Wildman–Crippen MR) is 118 cm³/mol. The van der Waals surface area contributed by atoms with E-state index in [0.29, 0.717) is 11.6 Å². The van der Waals surface area contributed by atoms with Gasteiger partial charge in [0.05, 0.1) is 17.5 Å². The summed E-state index contributed by atoms with van der Waals surface area (Å²) in [6.07, 6.45) is 6.75. The molecule has 0 unspecified atom stereocenters. The third-order valence-corrected chi connectivity index (χ3v) is 8.52. The monoisotopic (exact) mass is 422 g/mol. The number of anilines is 1. The first-order valence-electron chi connectivity index (χ1n) is 10.3. The third kappa shape index (κ3) is 5.17. The zero-order chi connectivity index (χ0) is 20.1. The first-order valence-corrected chi connectivity index (χ1v) is 13.0. The van der Waals surface area contributed by atoms with Crippen molar-refractivity contribution in [3.8, 4) is 0 Å². The number of amides is 1. The highest BCUT2D eigenvalue weighted by molar-refractivity contribution is 8.16. The Labute approximate surface area is 172 Å². The molecule has 2 aliphatic heterocycles. The number of thioether (sulfide) groups is 1. The van der Waals surface area contributed by atoms with Gasteiger partial charge in [-0.25, -0.2) is 8.42 Å². The van der Waals surface area contributed by atoms with Crippen molar-refractivity contribution < 1.29 is 13.2 Å². The molecule has 0 N–H and O–H groups in total. The number of carbonyl (C=O) groups excluding carboxylic acids is 1. The molecule has 7 heteroatoms. The minimum atomic E-state index is -3.04. The lowest BCUT2D eigenvalue weighted by atomic mass is 10.1. The number of aliphatic imine (C=N–C) groups is 1. The lowest BCUT2D eigenvalue weighted by Crippen LogP contribution is -2.37. The maximum absolute atomic E-state index is 12.3. The molecule has 0 aromatic heterocycles. The Hall–Kier alpha value is -1.34. The van der Waals surface area contributed by atoms with E-state index in [1.165, 1.54) is 17.3 Å². The molecule has 0 saturated carbocycles. The molecule has 3 rings (SSSR count). The van der Waals surface area contributed by atoms with E-state index in [4.69, 9.17) is 0 Å². The summed E-state index contributed by atoms with van der Waals surface area (Å²) >= 11 is 1.45. The molecule has 0 radical (unpaired) electrons. The Morgan fingerprint density at radius 3 is 2.50 bits per heavy atom. The van der Waals surface area contributed by atoms with Crippen LogP contribution in [0.2, 0.25) is 0 Å². The van der Waals surface area contributed by atoms with Crippen LogP contribution in [-0.4, -0.2) is 42.3 Å². The fraction of sp³-hybridized carbons (Fsp3) is 0.619. The summed E-state index contributed by atoms with van der Waals surface area (Å²) in [7, 11) is -3.04. The van der Waals surface area contributed by atoms with Crippen LogP contribution in [0, 0.1) is 0 Å². The van der Waals surface area contributed by atoms with Crippen LogP contribution in [0.4, 0.5) is 5.69 Å². The zero-order valence-electron chi connectivity index (χ0n) is 16.8. The Bertz CT molecular complexity index is 819. The standard InChI is InChI=1S/C21H30N2O3S2/c1-3-5-7-9-20(24)22-21-23(18-14-28(25,26)15-19(18)27-21)17-12-10-16(11-13-17)8-6-4-2/h10-13,18-19H,3-9,14-15H2,1-2H3/t18-,19+/m0/s1. The first-order chi connectivity index (χ1) is 13.4. The van der Waals surface area contributed by atoms with Gasteiger partial charge in [0.1, 0.15) is 0 Å². The van der Waals surface area contributed by atoms with E-state index >= 15 is 0 Å². The zero-order valence-corrected chi connectivity index (χ0v) is 18.4. The molecule has 2 saturated heterocycles. The molecule has 2 heterocycles. The van der Waals surface area contributed by atoms with Gasteiger partial charge in [-0.3, -0.25) is 4.79 Å². The van der Waals surface area contributed by atoms with Gasteiger partial charge in [0.2, 0.25) is 5.91 Å². The average Bonchev–Trinajstić information content (AvgIpc) is 3.11. The molecule has 0 aliphatic carbocycles. The molecule has 154 valence electrons. The molecule has 5 nitrogen and oxygen atoms in total. The molecular weight excluding hydrogens is 392 g/mol. The second-order valence-electron chi connectivity index (χ2n) is 7.69. The highest BCUT2D eigenvalue weighted by atomic mass is 32.2. The minimum Gasteiger partial charge on any atom is -0.316 e. The number of aryl methyl sites for hydroxylation is 1. The number of amidine groups is 1. The number of benzene rings is 1. The number of fused-ring (bicyclic) bond motifs is 1. The van der Waals surface area contributed by atoms with Gasteiger partial charge in [-0.15, -0.1) is 0 Å². The van der Waals surface area contributed by atoms with Gasteiger partial charge in [0.15, 0.2) is 15.0 Å². The maximum Gasteiger partial charge on any atom is 0.248 e. The largest absolute Gasteiger partial charge is 0.316 e. The fourth-order valence-corrected chi connectivity index (χ4v) is 7.69. The SMILES string of the molecule is CCCCCC(=O)N=C1S[C@@H]2CS(=O)(=O)C[C@@H]2N1c1ccc(CCCC)cc1. The Balaban J connectivity index is 1.82. The van der Waals surface area contributed by atoms with Crippen molar-refractivity contribution in [2.24, 2.45) is 4.99 Å².